The van der Waals surface area contributed by atoms with Crippen molar-refractivity contribution in [2.75, 3.05) is 19.1 Å². The van der Waals surface area contributed by atoms with Gasteiger partial charge < -0.3 is 20.1 Å². The second-order valence-electron chi connectivity index (χ2n) is 8.46. The van der Waals surface area contributed by atoms with Crippen LogP contribution >= 0.6 is 0 Å². The lowest BCUT2D eigenvalue weighted by molar-refractivity contribution is 0.176. The molecule has 2 aliphatic rings. The number of methoxy groups -OCH3 is 1. The van der Waals surface area contributed by atoms with Crippen LogP contribution in [0.1, 0.15) is 19.3 Å². The fourth-order valence-electron chi connectivity index (χ4n) is 4.72. The number of hydrogen-bond donors (Lipinski definition) is 2. The van der Waals surface area contributed by atoms with Crippen LogP contribution in [0.15, 0.2) is 36.9 Å². The number of ether oxygens (including phenoxy) is 1. The van der Waals surface area contributed by atoms with E-state index in [4.69, 9.17) is 4.74 Å². The maximum absolute atomic E-state index is 14.9. The van der Waals surface area contributed by atoms with Gasteiger partial charge in [-0.05, 0) is 31.4 Å². The van der Waals surface area contributed by atoms with Crippen molar-refractivity contribution >= 4 is 5.82 Å². The molecule has 2 bridgehead atoms. The predicted molar refractivity (Wildman–Crippen MR) is 118 cm³/mol. The van der Waals surface area contributed by atoms with Gasteiger partial charge in [-0.25, -0.2) is 23.7 Å². The summed E-state index contributed by atoms with van der Waals surface area (Å²) in [5, 5.41) is 13.9. The zero-order chi connectivity index (χ0) is 23.1. The third-order valence-electron chi connectivity index (χ3n) is 6.54. The number of alkyl halides is 1. The Hall–Kier alpha value is -3.40. The van der Waals surface area contributed by atoms with Crippen molar-refractivity contribution in [2.45, 2.75) is 43.6 Å². The predicted octanol–water partition coefficient (Wildman–Crippen LogP) is 3.12. The summed E-state index contributed by atoms with van der Waals surface area (Å²) in [6.45, 7) is 0. The summed E-state index contributed by atoms with van der Waals surface area (Å²) in [5.41, 5.74) is 0.886. The van der Waals surface area contributed by atoms with Gasteiger partial charge in [0.05, 0.1) is 36.9 Å². The van der Waals surface area contributed by atoms with Crippen molar-refractivity contribution in [2.24, 2.45) is 0 Å². The van der Waals surface area contributed by atoms with E-state index in [1.807, 2.05) is 11.9 Å². The molecule has 0 saturated carbocycles. The quantitative estimate of drug-likeness (QED) is 0.607. The number of aromatic hydroxyl groups is 1. The summed E-state index contributed by atoms with van der Waals surface area (Å²) >= 11 is 0. The van der Waals surface area contributed by atoms with Crippen LogP contribution in [0.3, 0.4) is 0 Å². The van der Waals surface area contributed by atoms with E-state index in [9.17, 15) is 13.9 Å². The minimum atomic E-state index is -0.985. The Morgan fingerprint density at radius 3 is 2.67 bits per heavy atom. The number of fused-ring (bicyclic) bond motifs is 2. The van der Waals surface area contributed by atoms with Crippen molar-refractivity contribution in [3.05, 3.63) is 42.7 Å². The molecule has 4 atom stereocenters. The molecule has 0 aliphatic carbocycles. The van der Waals surface area contributed by atoms with Gasteiger partial charge >= 0.3 is 0 Å². The molecule has 4 heterocycles. The van der Waals surface area contributed by atoms with Crippen molar-refractivity contribution in [1.82, 2.24) is 25.3 Å². The van der Waals surface area contributed by atoms with Crippen LogP contribution in [-0.4, -0.2) is 63.5 Å². The highest BCUT2D eigenvalue weighted by Gasteiger charge is 2.43. The SMILES string of the molecule is COc1cc(-c2cc(O)c(-c3cnc(N(C)C4C[C@H]5CC[C@H](N5)C4F)cn3)cc2F)ncn1. The smallest absolute Gasteiger partial charge is 0.216 e. The number of halogens is 2. The van der Waals surface area contributed by atoms with Crippen LogP contribution in [0, 0.1) is 5.82 Å². The minimum Gasteiger partial charge on any atom is -0.507 e. The second-order valence-corrected chi connectivity index (χ2v) is 8.46. The molecular weight excluding hydrogens is 430 g/mol. The molecule has 1 aromatic carbocycles. The van der Waals surface area contributed by atoms with Crippen LogP contribution in [-0.2, 0) is 0 Å². The lowest BCUT2D eigenvalue weighted by Crippen LogP contribution is -2.55. The number of nitrogens with one attached hydrogen (secondary N) is 1. The maximum atomic E-state index is 14.9. The number of aromatic nitrogens is 4. The molecule has 0 spiro atoms. The minimum absolute atomic E-state index is 0.107. The lowest BCUT2D eigenvalue weighted by atomic mass is 9.96. The van der Waals surface area contributed by atoms with Crippen LogP contribution in [0.4, 0.5) is 14.6 Å². The second kappa shape index (κ2) is 8.51. The molecule has 0 radical (unpaired) electrons. The van der Waals surface area contributed by atoms with E-state index in [1.54, 1.807) is 0 Å². The van der Waals surface area contributed by atoms with Crippen molar-refractivity contribution in [3.63, 3.8) is 0 Å². The number of anilines is 1. The van der Waals surface area contributed by atoms with Gasteiger partial charge in [0.25, 0.3) is 0 Å². The maximum Gasteiger partial charge on any atom is 0.216 e. The first-order valence-electron chi connectivity index (χ1n) is 10.8. The number of piperidine rings is 1. The molecule has 10 heteroatoms. The summed E-state index contributed by atoms with van der Waals surface area (Å²) < 4.78 is 34.8. The molecule has 5 rings (SSSR count). The first kappa shape index (κ1) is 21.4. The number of rotatable bonds is 5. The third-order valence-corrected chi connectivity index (χ3v) is 6.54. The van der Waals surface area contributed by atoms with Crippen molar-refractivity contribution in [3.8, 4) is 34.1 Å². The molecule has 2 unspecified atom stereocenters. The monoisotopic (exact) mass is 454 g/mol. The third kappa shape index (κ3) is 3.95. The molecule has 2 saturated heterocycles. The zero-order valence-corrected chi connectivity index (χ0v) is 18.2. The summed E-state index contributed by atoms with van der Waals surface area (Å²) in [6, 6.07) is 3.89. The topological polar surface area (TPSA) is 96.3 Å². The van der Waals surface area contributed by atoms with Gasteiger partial charge in [-0.15, -0.1) is 0 Å². The van der Waals surface area contributed by atoms with Crippen LogP contribution < -0.4 is 15.0 Å². The molecule has 2 N–H and O–H groups in total. The first-order valence-corrected chi connectivity index (χ1v) is 10.8. The van der Waals surface area contributed by atoms with Gasteiger partial charge in [0, 0.05) is 36.3 Å². The van der Waals surface area contributed by atoms with E-state index in [0.29, 0.717) is 24.0 Å². The van der Waals surface area contributed by atoms with E-state index >= 15 is 0 Å². The number of benzene rings is 1. The van der Waals surface area contributed by atoms with E-state index < -0.39 is 12.0 Å². The summed E-state index contributed by atoms with van der Waals surface area (Å²) in [4.78, 5) is 18.5. The molecule has 0 amide bonds. The fourth-order valence-corrected chi connectivity index (χ4v) is 4.72. The molecule has 8 nitrogen and oxygen atoms in total. The van der Waals surface area contributed by atoms with E-state index in [-0.39, 0.29) is 40.5 Å². The van der Waals surface area contributed by atoms with Crippen LogP contribution in [0.25, 0.3) is 22.5 Å². The fraction of sp³-hybridized carbons (Fsp3) is 0.391. The molecule has 2 aromatic heterocycles. The Morgan fingerprint density at radius 2 is 1.91 bits per heavy atom. The Balaban J connectivity index is 1.39. The summed E-state index contributed by atoms with van der Waals surface area (Å²) in [7, 11) is 3.26. The van der Waals surface area contributed by atoms with E-state index in [0.717, 1.165) is 12.8 Å². The highest BCUT2D eigenvalue weighted by atomic mass is 19.1. The number of nitrogens with zero attached hydrogens (tertiary/aromatic N) is 5. The highest BCUT2D eigenvalue weighted by molar-refractivity contribution is 5.73. The normalized spacial score (nSPS) is 24.0. The van der Waals surface area contributed by atoms with Gasteiger partial charge in [0.15, 0.2) is 0 Å². The van der Waals surface area contributed by atoms with Gasteiger partial charge in [-0.2, -0.15) is 0 Å². The Kier molecular flexibility index (Phi) is 5.53. The Bertz CT molecular complexity index is 1160. The summed E-state index contributed by atoms with van der Waals surface area (Å²) in [5.74, 6) is 0.0540. The average molecular weight is 454 g/mol. The summed E-state index contributed by atoms with van der Waals surface area (Å²) in [6.07, 6.45) is 5.80. The first-order chi connectivity index (χ1) is 15.9. The lowest BCUT2D eigenvalue weighted by Gasteiger charge is -2.38. The van der Waals surface area contributed by atoms with Gasteiger partial charge in [-0.1, -0.05) is 0 Å². The van der Waals surface area contributed by atoms with Crippen LogP contribution in [0.2, 0.25) is 0 Å². The molecule has 3 aromatic rings. The Morgan fingerprint density at radius 1 is 1.06 bits per heavy atom. The molecule has 2 fully saturated rings. The molecule has 33 heavy (non-hydrogen) atoms. The van der Waals surface area contributed by atoms with Crippen molar-refractivity contribution < 1.29 is 18.6 Å². The van der Waals surface area contributed by atoms with Gasteiger partial charge in [0.2, 0.25) is 5.88 Å². The molecule has 2 aliphatic heterocycles. The van der Waals surface area contributed by atoms with E-state index in [1.165, 1.54) is 44.0 Å². The average Bonchev–Trinajstić information content (AvgIpc) is 3.25. The number of hydrogen-bond acceptors (Lipinski definition) is 8. The van der Waals surface area contributed by atoms with Gasteiger partial charge in [0.1, 0.15) is 29.9 Å². The van der Waals surface area contributed by atoms with E-state index in [2.05, 4.69) is 25.3 Å². The highest BCUT2D eigenvalue weighted by Crippen LogP contribution is 2.36. The molecule has 172 valence electrons. The Labute approximate surface area is 189 Å². The zero-order valence-electron chi connectivity index (χ0n) is 18.2. The largest absolute Gasteiger partial charge is 0.507 e. The van der Waals surface area contributed by atoms with Crippen molar-refractivity contribution in [1.29, 1.82) is 0 Å². The standard InChI is InChI=1S/C23H24F2N6O2/c1-31(19-5-12-3-4-16(30-12)23(19)25)21-10-26-18(9-27-21)14-6-15(24)13(7-20(14)32)17-8-22(33-2)29-11-28-17/h6-12,16,19,23,30,32H,3-5H2,1-2H3/t12-,16+,19?,23?/m1/s1. The molecular formula is C23H24F2N6O2. The van der Waals surface area contributed by atoms with Crippen LogP contribution in [0.5, 0.6) is 11.6 Å². The van der Waals surface area contributed by atoms with Gasteiger partial charge in [-0.3, -0.25) is 4.98 Å². The number of phenolic OH excluding ortho intramolecular Hbond substituents is 1. The number of phenols is 1.